The maximum Gasteiger partial charge on any atom is 0.263 e. The van der Waals surface area contributed by atoms with Crippen molar-refractivity contribution in [2.24, 2.45) is 5.16 Å². The van der Waals surface area contributed by atoms with E-state index in [1.807, 2.05) is 54.6 Å². The number of halogens is 2. The van der Waals surface area contributed by atoms with Gasteiger partial charge < -0.3 is 4.84 Å². The lowest BCUT2D eigenvalue weighted by molar-refractivity contribution is 0.132. The maximum atomic E-state index is 12.7. The van der Waals surface area contributed by atoms with Gasteiger partial charge in [-0.1, -0.05) is 78.0 Å². The van der Waals surface area contributed by atoms with Crippen LogP contribution in [0.2, 0.25) is 0 Å². The van der Waals surface area contributed by atoms with Crippen LogP contribution in [0.25, 0.3) is 11.1 Å². The summed E-state index contributed by atoms with van der Waals surface area (Å²) in [6.07, 6.45) is 0.125. The van der Waals surface area contributed by atoms with Crippen molar-refractivity contribution in [3.63, 3.8) is 0 Å². The molecule has 0 spiro atoms. The Morgan fingerprint density at radius 1 is 0.880 bits per heavy atom. The first-order valence-electron chi connectivity index (χ1n) is 7.83. The molecule has 3 aromatic carbocycles. The lowest BCUT2D eigenvalue weighted by Crippen LogP contribution is -1.93. The van der Waals surface area contributed by atoms with E-state index in [4.69, 9.17) is 4.84 Å². The molecule has 0 aromatic heterocycles. The van der Waals surface area contributed by atoms with E-state index in [0.29, 0.717) is 5.56 Å². The van der Waals surface area contributed by atoms with Crippen LogP contribution in [0.4, 0.5) is 8.78 Å². The van der Waals surface area contributed by atoms with Gasteiger partial charge in [-0.05, 0) is 22.8 Å². The molecule has 0 N–H and O–H groups in total. The zero-order valence-electron chi connectivity index (χ0n) is 13.4. The van der Waals surface area contributed by atoms with E-state index in [1.165, 1.54) is 12.1 Å². The molecule has 0 atom stereocenters. The average molecular weight is 336 g/mol. The second-order valence-electron chi connectivity index (χ2n) is 5.43. The highest BCUT2D eigenvalue weighted by Gasteiger charge is 2.07. The van der Waals surface area contributed by atoms with Crippen molar-refractivity contribution in [3.05, 3.63) is 95.6 Å². The molecule has 3 rings (SSSR count). The average Bonchev–Trinajstić information content (AvgIpc) is 2.66. The van der Waals surface area contributed by atoms with Gasteiger partial charge in [0.1, 0.15) is 12.8 Å². The van der Waals surface area contributed by atoms with Gasteiger partial charge in [0.15, 0.2) is 0 Å². The standard InChI is InChI=1S/C21H16F2NO/c22-21(23)18-11-6-7-16(13-18)14-24-25-15-19-10-4-5-12-20(19)17-8-2-1-3-9-17/h1-13,21H,15H2. The highest BCUT2D eigenvalue weighted by Crippen LogP contribution is 2.24. The van der Waals surface area contributed by atoms with Crippen LogP contribution in [0.5, 0.6) is 0 Å². The molecule has 0 amide bonds. The summed E-state index contributed by atoms with van der Waals surface area (Å²) in [5.41, 5.74) is 3.54. The second-order valence-corrected chi connectivity index (χ2v) is 5.43. The maximum absolute atomic E-state index is 12.7. The number of benzene rings is 3. The van der Waals surface area contributed by atoms with Gasteiger partial charge in [0.2, 0.25) is 0 Å². The third-order valence-electron chi connectivity index (χ3n) is 3.70. The normalized spacial score (nSPS) is 11.2. The fourth-order valence-electron chi connectivity index (χ4n) is 2.48. The molecule has 0 bridgehead atoms. The highest BCUT2D eigenvalue weighted by atomic mass is 19.3. The Balaban J connectivity index is 1.68. The summed E-state index contributed by atoms with van der Waals surface area (Å²) in [6.45, 7) is 0.270. The van der Waals surface area contributed by atoms with Crippen LogP contribution < -0.4 is 0 Å². The van der Waals surface area contributed by atoms with E-state index in [9.17, 15) is 8.78 Å². The van der Waals surface area contributed by atoms with E-state index < -0.39 is 6.43 Å². The summed E-state index contributed by atoms with van der Waals surface area (Å²) < 4.78 is 25.3. The van der Waals surface area contributed by atoms with E-state index in [2.05, 4.69) is 11.4 Å². The molecule has 0 saturated carbocycles. The lowest BCUT2D eigenvalue weighted by atomic mass is 10.0. The minimum Gasteiger partial charge on any atom is -0.390 e. The number of hydrogen-bond acceptors (Lipinski definition) is 2. The topological polar surface area (TPSA) is 21.6 Å². The van der Waals surface area contributed by atoms with Crippen molar-refractivity contribution in [2.75, 3.05) is 0 Å². The van der Waals surface area contributed by atoms with Crippen LogP contribution in [0.1, 0.15) is 23.1 Å². The molecule has 0 fully saturated rings. The second kappa shape index (κ2) is 8.20. The van der Waals surface area contributed by atoms with E-state index in [0.717, 1.165) is 16.7 Å². The monoisotopic (exact) mass is 336 g/mol. The molecule has 3 aromatic rings. The van der Waals surface area contributed by atoms with Crippen molar-refractivity contribution in [1.82, 2.24) is 0 Å². The van der Waals surface area contributed by atoms with E-state index in [1.54, 1.807) is 12.1 Å². The SMILES string of the molecule is FC(F)c1cccc(/[C]=N/OCc2ccccc2-c2ccccc2)c1. The van der Waals surface area contributed by atoms with Crippen LogP contribution in [0, 0.1) is 0 Å². The van der Waals surface area contributed by atoms with Gasteiger partial charge in [-0.2, -0.15) is 0 Å². The Morgan fingerprint density at radius 3 is 2.44 bits per heavy atom. The summed E-state index contributed by atoms with van der Waals surface area (Å²) in [6, 6.07) is 23.8. The van der Waals surface area contributed by atoms with Crippen LogP contribution in [0.3, 0.4) is 0 Å². The molecular weight excluding hydrogens is 320 g/mol. The summed E-state index contributed by atoms with van der Waals surface area (Å²) in [5.74, 6) is 0. The smallest absolute Gasteiger partial charge is 0.263 e. The first-order chi connectivity index (χ1) is 12.2. The van der Waals surface area contributed by atoms with Gasteiger partial charge in [0.25, 0.3) is 6.43 Å². The molecule has 2 nitrogen and oxygen atoms in total. The molecule has 0 aliphatic heterocycles. The van der Waals surface area contributed by atoms with Crippen LogP contribution in [0.15, 0.2) is 84.0 Å². The van der Waals surface area contributed by atoms with Gasteiger partial charge in [0.05, 0.1) is 0 Å². The van der Waals surface area contributed by atoms with Gasteiger partial charge >= 0.3 is 0 Å². The third kappa shape index (κ3) is 4.51. The van der Waals surface area contributed by atoms with Gasteiger partial charge in [0, 0.05) is 11.1 Å². The van der Waals surface area contributed by atoms with Crippen LogP contribution in [-0.2, 0) is 11.4 Å². The van der Waals surface area contributed by atoms with Crippen LogP contribution in [-0.4, -0.2) is 6.21 Å². The van der Waals surface area contributed by atoms with Crippen molar-refractivity contribution in [3.8, 4) is 11.1 Å². The van der Waals surface area contributed by atoms with Gasteiger partial charge in [-0.3, -0.25) is 0 Å². The lowest BCUT2D eigenvalue weighted by Gasteiger charge is -2.08. The first-order valence-corrected chi connectivity index (χ1v) is 7.83. The van der Waals surface area contributed by atoms with Gasteiger partial charge in [-0.15, -0.1) is 0 Å². The molecule has 125 valence electrons. The van der Waals surface area contributed by atoms with Crippen molar-refractivity contribution < 1.29 is 13.6 Å². The number of nitrogens with zero attached hydrogens (tertiary/aromatic N) is 1. The zero-order chi connectivity index (χ0) is 17.5. The number of rotatable bonds is 6. The Hall–Kier alpha value is -3.01. The predicted octanol–water partition coefficient (Wildman–Crippen LogP) is 5.72. The molecule has 0 saturated heterocycles. The Bertz CT molecular complexity index is 847. The summed E-state index contributed by atoms with van der Waals surface area (Å²) in [7, 11) is 0. The third-order valence-corrected chi connectivity index (χ3v) is 3.70. The quantitative estimate of drug-likeness (QED) is 0.417. The fourth-order valence-corrected chi connectivity index (χ4v) is 2.48. The fraction of sp³-hybridized carbons (Fsp3) is 0.0952. The molecule has 4 heteroatoms. The van der Waals surface area contributed by atoms with Crippen molar-refractivity contribution in [1.29, 1.82) is 0 Å². The van der Waals surface area contributed by atoms with Gasteiger partial charge in [-0.25, -0.2) is 8.78 Å². The van der Waals surface area contributed by atoms with E-state index >= 15 is 0 Å². The molecular formula is C21H16F2NO. The molecule has 1 radical (unpaired) electrons. The van der Waals surface area contributed by atoms with Crippen molar-refractivity contribution in [2.45, 2.75) is 13.0 Å². The van der Waals surface area contributed by atoms with E-state index in [-0.39, 0.29) is 12.2 Å². The molecule has 25 heavy (non-hydrogen) atoms. The number of alkyl halides is 2. The Kier molecular flexibility index (Phi) is 5.52. The summed E-state index contributed by atoms with van der Waals surface area (Å²) >= 11 is 0. The Morgan fingerprint density at radius 2 is 1.64 bits per heavy atom. The highest BCUT2D eigenvalue weighted by molar-refractivity contribution is 5.79. The molecule has 0 unspecified atom stereocenters. The molecule has 0 heterocycles. The van der Waals surface area contributed by atoms with Crippen LogP contribution >= 0.6 is 0 Å². The first kappa shape index (κ1) is 16.8. The Labute approximate surface area is 145 Å². The summed E-state index contributed by atoms with van der Waals surface area (Å²) in [4.78, 5) is 5.31. The minimum absolute atomic E-state index is 0.0605. The number of hydrogen-bond donors (Lipinski definition) is 0. The largest absolute Gasteiger partial charge is 0.390 e. The molecule has 0 aliphatic carbocycles. The summed E-state index contributed by atoms with van der Waals surface area (Å²) in [5, 5.41) is 3.78. The molecule has 0 aliphatic rings. The minimum atomic E-state index is -2.51. The van der Waals surface area contributed by atoms with Crippen molar-refractivity contribution >= 4 is 6.21 Å². The zero-order valence-corrected chi connectivity index (χ0v) is 13.4. The predicted molar refractivity (Wildman–Crippen MR) is 94.6 cm³/mol.